The molecule has 1 saturated heterocycles. The Morgan fingerprint density at radius 3 is 2.39 bits per heavy atom. The van der Waals surface area contributed by atoms with Gasteiger partial charge in [0.05, 0.1) is 6.54 Å². The highest BCUT2D eigenvalue weighted by atomic mass is 16.1. The molecule has 3 heterocycles. The summed E-state index contributed by atoms with van der Waals surface area (Å²) in [5, 5.41) is 0. The van der Waals surface area contributed by atoms with Gasteiger partial charge in [-0.3, -0.25) is 14.3 Å². The third kappa shape index (κ3) is 3.34. The van der Waals surface area contributed by atoms with E-state index in [9.17, 15) is 4.79 Å². The molecule has 0 N–H and O–H groups in total. The Morgan fingerprint density at radius 1 is 1.09 bits per heavy atom. The maximum absolute atomic E-state index is 12.7. The number of aryl methyl sites for hydroxylation is 2. The summed E-state index contributed by atoms with van der Waals surface area (Å²) in [5.74, 6) is 0.820. The van der Waals surface area contributed by atoms with Crippen LogP contribution in [0, 0.1) is 20.8 Å². The Balaban J connectivity index is 1.85. The van der Waals surface area contributed by atoms with E-state index in [1.807, 2.05) is 31.4 Å². The fraction of sp³-hybridized carbons (Fsp3) is 0.500. The predicted molar refractivity (Wildman–Crippen MR) is 90.2 cm³/mol. The summed E-state index contributed by atoms with van der Waals surface area (Å²) >= 11 is 0. The molecule has 5 heteroatoms. The third-order valence-electron chi connectivity index (χ3n) is 4.51. The normalized spacial score (nSPS) is 15.8. The molecule has 0 radical (unpaired) electrons. The number of carbonyl (C=O) groups is 1. The molecule has 1 aliphatic rings. The van der Waals surface area contributed by atoms with E-state index in [0.29, 0.717) is 12.5 Å². The number of rotatable bonds is 4. The highest BCUT2D eigenvalue weighted by Crippen LogP contribution is 2.20. The number of aromatic nitrogens is 3. The topological polar surface area (TPSA) is 51.0 Å². The number of ketones is 1. The lowest BCUT2D eigenvalue weighted by Gasteiger charge is -2.25. The smallest absolute Gasteiger partial charge is 0.234 e. The second kappa shape index (κ2) is 6.62. The Bertz CT molecular complexity index is 697. The second-order valence-electron chi connectivity index (χ2n) is 6.44. The van der Waals surface area contributed by atoms with Crippen LogP contribution in [0.5, 0.6) is 0 Å². The van der Waals surface area contributed by atoms with E-state index in [4.69, 9.17) is 0 Å². The van der Waals surface area contributed by atoms with Gasteiger partial charge < -0.3 is 0 Å². The van der Waals surface area contributed by atoms with Crippen molar-refractivity contribution in [1.82, 2.24) is 19.4 Å². The van der Waals surface area contributed by atoms with E-state index >= 15 is 0 Å². The van der Waals surface area contributed by atoms with Crippen molar-refractivity contribution in [1.29, 1.82) is 0 Å². The lowest BCUT2D eigenvalue weighted by Crippen LogP contribution is -2.34. The van der Waals surface area contributed by atoms with E-state index in [0.717, 1.165) is 35.6 Å². The summed E-state index contributed by atoms with van der Waals surface area (Å²) in [7, 11) is 0. The molecule has 5 nitrogen and oxygen atoms in total. The second-order valence-corrected chi connectivity index (χ2v) is 6.44. The van der Waals surface area contributed by atoms with Crippen molar-refractivity contribution < 1.29 is 4.79 Å². The maximum atomic E-state index is 12.7. The SMILES string of the molecule is Cc1cnc(-n2c(C)cc(C(=O)CN3CCCCC3)c2C)nc1. The molecule has 2 aromatic rings. The van der Waals surface area contributed by atoms with Gasteiger partial charge in [-0.25, -0.2) is 9.97 Å². The van der Waals surface area contributed by atoms with E-state index in [-0.39, 0.29) is 5.78 Å². The van der Waals surface area contributed by atoms with Crippen LogP contribution in [0.3, 0.4) is 0 Å². The fourth-order valence-electron chi connectivity index (χ4n) is 3.26. The van der Waals surface area contributed by atoms with Gasteiger partial charge in [-0.1, -0.05) is 6.42 Å². The van der Waals surface area contributed by atoms with Crippen molar-refractivity contribution >= 4 is 5.78 Å². The van der Waals surface area contributed by atoms with Gasteiger partial charge in [0.2, 0.25) is 5.95 Å². The van der Waals surface area contributed by atoms with E-state index < -0.39 is 0 Å². The molecule has 0 atom stereocenters. The monoisotopic (exact) mass is 312 g/mol. The van der Waals surface area contributed by atoms with Crippen LogP contribution in [-0.4, -0.2) is 44.9 Å². The molecule has 1 fully saturated rings. The quantitative estimate of drug-likeness (QED) is 0.815. The zero-order valence-electron chi connectivity index (χ0n) is 14.2. The largest absolute Gasteiger partial charge is 0.296 e. The molecule has 0 saturated carbocycles. The van der Waals surface area contributed by atoms with Gasteiger partial charge in [0.15, 0.2) is 5.78 Å². The van der Waals surface area contributed by atoms with E-state index in [1.165, 1.54) is 19.3 Å². The van der Waals surface area contributed by atoms with Crippen LogP contribution in [-0.2, 0) is 0 Å². The van der Waals surface area contributed by atoms with Crippen molar-refractivity contribution in [2.45, 2.75) is 40.0 Å². The Kier molecular flexibility index (Phi) is 4.57. The third-order valence-corrected chi connectivity index (χ3v) is 4.51. The highest BCUT2D eigenvalue weighted by Gasteiger charge is 2.20. The summed E-state index contributed by atoms with van der Waals surface area (Å²) in [6, 6.07) is 1.96. The summed E-state index contributed by atoms with van der Waals surface area (Å²) < 4.78 is 1.96. The first-order chi connectivity index (χ1) is 11.1. The van der Waals surface area contributed by atoms with E-state index in [1.54, 1.807) is 12.4 Å². The molecule has 0 spiro atoms. The zero-order valence-corrected chi connectivity index (χ0v) is 14.2. The van der Waals surface area contributed by atoms with Crippen LogP contribution < -0.4 is 0 Å². The standard InChI is InChI=1S/C18H24N4O/c1-13-10-19-18(20-11-13)22-14(2)9-16(15(22)3)17(23)12-21-7-5-4-6-8-21/h9-11H,4-8,12H2,1-3H3. The summed E-state index contributed by atoms with van der Waals surface area (Å²) in [6.45, 7) is 8.51. The number of hydrogen-bond acceptors (Lipinski definition) is 4. The summed E-state index contributed by atoms with van der Waals surface area (Å²) in [6.07, 6.45) is 7.28. The van der Waals surface area contributed by atoms with Gasteiger partial charge >= 0.3 is 0 Å². The minimum absolute atomic E-state index is 0.193. The first kappa shape index (κ1) is 15.9. The Morgan fingerprint density at radius 2 is 1.74 bits per heavy atom. The van der Waals surface area contributed by atoms with Crippen molar-refractivity contribution in [2.75, 3.05) is 19.6 Å². The minimum Gasteiger partial charge on any atom is -0.296 e. The van der Waals surface area contributed by atoms with Gasteiger partial charge in [-0.05, 0) is 58.3 Å². The number of Topliss-reactive ketones (excluding diaryl/α,β-unsaturated/α-hetero) is 1. The van der Waals surface area contributed by atoms with E-state index in [2.05, 4.69) is 14.9 Å². The lowest BCUT2D eigenvalue weighted by molar-refractivity contribution is 0.0915. The Hall–Kier alpha value is -2.01. The van der Waals surface area contributed by atoms with Crippen LogP contribution in [0.4, 0.5) is 0 Å². The molecular weight excluding hydrogens is 288 g/mol. The van der Waals surface area contributed by atoms with Gasteiger partial charge in [-0.15, -0.1) is 0 Å². The van der Waals surface area contributed by atoms with Crippen LogP contribution in [0.15, 0.2) is 18.5 Å². The molecule has 1 aliphatic heterocycles. The number of nitrogens with zero attached hydrogens (tertiary/aromatic N) is 4. The van der Waals surface area contributed by atoms with Crippen molar-refractivity contribution in [2.24, 2.45) is 0 Å². The van der Waals surface area contributed by atoms with Crippen molar-refractivity contribution in [3.8, 4) is 5.95 Å². The predicted octanol–water partition coefficient (Wildman–Crippen LogP) is 2.86. The number of carbonyl (C=O) groups excluding carboxylic acids is 1. The first-order valence-corrected chi connectivity index (χ1v) is 8.30. The summed E-state index contributed by atoms with van der Waals surface area (Å²) in [4.78, 5) is 23.7. The fourth-order valence-corrected chi connectivity index (χ4v) is 3.26. The van der Waals surface area contributed by atoms with Crippen LogP contribution in [0.25, 0.3) is 5.95 Å². The van der Waals surface area contributed by atoms with Gasteiger partial charge in [0.25, 0.3) is 0 Å². The molecule has 23 heavy (non-hydrogen) atoms. The molecule has 2 aromatic heterocycles. The summed E-state index contributed by atoms with van der Waals surface area (Å²) in [5.41, 5.74) is 3.73. The average Bonchev–Trinajstić information content (AvgIpc) is 2.84. The average molecular weight is 312 g/mol. The van der Waals surface area contributed by atoms with Crippen molar-refractivity contribution in [3.05, 3.63) is 41.0 Å². The number of likely N-dealkylation sites (tertiary alicyclic amines) is 1. The van der Waals surface area contributed by atoms with Gasteiger partial charge in [0, 0.05) is 29.3 Å². The molecule has 0 aliphatic carbocycles. The van der Waals surface area contributed by atoms with Gasteiger partial charge in [0.1, 0.15) is 0 Å². The van der Waals surface area contributed by atoms with Crippen molar-refractivity contribution in [3.63, 3.8) is 0 Å². The molecule has 3 rings (SSSR count). The Labute approximate surface area is 137 Å². The molecule has 122 valence electrons. The first-order valence-electron chi connectivity index (χ1n) is 8.30. The molecular formula is C18H24N4O. The number of piperidine rings is 1. The maximum Gasteiger partial charge on any atom is 0.234 e. The zero-order chi connectivity index (χ0) is 16.4. The molecule has 0 unspecified atom stereocenters. The molecule has 0 aromatic carbocycles. The number of hydrogen-bond donors (Lipinski definition) is 0. The van der Waals surface area contributed by atoms with Crippen LogP contribution in [0.2, 0.25) is 0 Å². The molecule has 0 amide bonds. The lowest BCUT2D eigenvalue weighted by atomic mass is 10.1. The molecule has 0 bridgehead atoms. The van der Waals surface area contributed by atoms with Gasteiger partial charge in [-0.2, -0.15) is 0 Å². The van der Waals surface area contributed by atoms with Crippen LogP contribution in [0.1, 0.15) is 46.6 Å². The van der Waals surface area contributed by atoms with Crippen LogP contribution >= 0.6 is 0 Å². The highest BCUT2D eigenvalue weighted by molar-refractivity contribution is 5.99. The minimum atomic E-state index is 0.193.